The first-order valence-electron chi connectivity index (χ1n) is 7.47. The van der Waals surface area contributed by atoms with Crippen molar-refractivity contribution in [2.75, 3.05) is 11.4 Å². The first-order valence-corrected chi connectivity index (χ1v) is 7.84. The van der Waals surface area contributed by atoms with Gasteiger partial charge >= 0.3 is 0 Å². The Hall–Kier alpha value is -1.54. The highest BCUT2D eigenvalue weighted by atomic mass is 35.5. The molecule has 0 fully saturated rings. The standard InChI is InChI=1S/C18H19ClFN/c1-2-9-21-17(10-13-3-6-16(20)7-4-13)12-14-11-15(19)5-8-18(14)21/h3-8,11,17H,2,9-10,12H2,1H3. The number of fused-ring (bicyclic) bond motifs is 1. The van der Waals surface area contributed by atoms with Gasteiger partial charge in [-0.05, 0) is 60.7 Å². The maximum absolute atomic E-state index is 13.0. The largest absolute Gasteiger partial charge is 0.368 e. The molecule has 0 aliphatic carbocycles. The molecule has 0 spiro atoms. The van der Waals surface area contributed by atoms with Gasteiger partial charge in [0, 0.05) is 23.3 Å². The van der Waals surface area contributed by atoms with Crippen LogP contribution in [0.25, 0.3) is 0 Å². The second-order valence-electron chi connectivity index (χ2n) is 5.65. The summed E-state index contributed by atoms with van der Waals surface area (Å²) >= 11 is 6.11. The molecule has 3 rings (SSSR count). The molecule has 2 aromatic rings. The number of hydrogen-bond acceptors (Lipinski definition) is 1. The van der Waals surface area contributed by atoms with Gasteiger partial charge in [-0.25, -0.2) is 4.39 Å². The summed E-state index contributed by atoms with van der Waals surface area (Å²) in [5.74, 6) is -0.175. The van der Waals surface area contributed by atoms with Gasteiger partial charge < -0.3 is 4.90 Å². The lowest BCUT2D eigenvalue weighted by Crippen LogP contribution is -2.34. The topological polar surface area (TPSA) is 3.24 Å². The summed E-state index contributed by atoms with van der Waals surface area (Å²) < 4.78 is 13.0. The van der Waals surface area contributed by atoms with Crippen LogP contribution in [0.2, 0.25) is 5.02 Å². The van der Waals surface area contributed by atoms with Gasteiger partial charge in [-0.3, -0.25) is 0 Å². The van der Waals surface area contributed by atoms with E-state index in [0.717, 1.165) is 30.8 Å². The molecule has 1 heterocycles. The van der Waals surface area contributed by atoms with Crippen LogP contribution in [0, 0.1) is 5.82 Å². The zero-order chi connectivity index (χ0) is 14.8. The van der Waals surface area contributed by atoms with E-state index in [1.165, 1.54) is 16.8 Å². The lowest BCUT2D eigenvalue weighted by molar-refractivity contribution is 0.607. The molecule has 0 saturated carbocycles. The highest BCUT2D eigenvalue weighted by Gasteiger charge is 2.28. The molecule has 110 valence electrons. The van der Waals surface area contributed by atoms with Crippen molar-refractivity contribution >= 4 is 17.3 Å². The molecule has 1 unspecified atom stereocenters. The van der Waals surface area contributed by atoms with Gasteiger partial charge in [-0.1, -0.05) is 30.7 Å². The van der Waals surface area contributed by atoms with Crippen molar-refractivity contribution < 1.29 is 4.39 Å². The minimum Gasteiger partial charge on any atom is -0.368 e. The lowest BCUT2D eigenvalue weighted by atomic mass is 10.0. The van der Waals surface area contributed by atoms with Crippen molar-refractivity contribution in [3.05, 3.63) is 64.4 Å². The van der Waals surface area contributed by atoms with Gasteiger partial charge in [0.25, 0.3) is 0 Å². The summed E-state index contributed by atoms with van der Waals surface area (Å²) in [6, 6.07) is 13.4. The maximum Gasteiger partial charge on any atom is 0.123 e. The quantitative estimate of drug-likeness (QED) is 0.779. The Balaban J connectivity index is 1.83. The van der Waals surface area contributed by atoms with Crippen molar-refractivity contribution in [1.29, 1.82) is 0 Å². The zero-order valence-corrected chi connectivity index (χ0v) is 12.9. The Morgan fingerprint density at radius 1 is 1.19 bits per heavy atom. The lowest BCUT2D eigenvalue weighted by Gasteiger charge is -2.27. The predicted molar refractivity (Wildman–Crippen MR) is 86.7 cm³/mol. The van der Waals surface area contributed by atoms with Crippen molar-refractivity contribution in [3.63, 3.8) is 0 Å². The first-order chi connectivity index (χ1) is 10.2. The average Bonchev–Trinajstić information content (AvgIpc) is 2.79. The van der Waals surface area contributed by atoms with Crippen LogP contribution in [-0.2, 0) is 12.8 Å². The third kappa shape index (κ3) is 3.06. The average molecular weight is 304 g/mol. The minimum absolute atomic E-state index is 0.175. The molecular formula is C18H19ClFN. The van der Waals surface area contributed by atoms with E-state index >= 15 is 0 Å². The van der Waals surface area contributed by atoms with Crippen LogP contribution in [0.4, 0.5) is 10.1 Å². The molecular weight excluding hydrogens is 285 g/mol. The molecule has 3 heteroatoms. The fourth-order valence-electron chi connectivity index (χ4n) is 3.18. The summed E-state index contributed by atoms with van der Waals surface area (Å²) in [6.45, 7) is 3.24. The van der Waals surface area contributed by atoms with E-state index in [4.69, 9.17) is 11.6 Å². The number of anilines is 1. The Bertz CT molecular complexity index is 624. The van der Waals surface area contributed by atoms with Crippen molar-refractivity contribution in [2.45, 2.75) is 32.2 Å². The molecule has 1 aliphatic rings. The normalized spacial score (nSPS) is 17.1. The highest BCUT2D eigenvalue weighted by molar-refractivity contribution is 6.30. The molecule has 0 amide bonds. The number of benzene rings is 2. The van der Waals surface area contributed by atoms with Gasteiger partial charge in [0.15, 0.2) is 0 Å². The third-order valence-electron chi connectivity index (χ3n) is 4.10. The maximum atomic E-state index is 13.0. The van der Waals surface area contributed by atoms with Gasteiger partial charge in [0.05, 0.1) is 0 Å². The smallest absolute Gasteiger partial charge is 0.123 e. The summed E-state index contributed by atoms with van der Waals surface area (Å²) in [5.41, 5.74) is 3.80. The molecule has 1 aliphatic heterocycles. The van der Waals surface area contributed by atoms with Crippen LogP contribution < -0.4 is 4.90 Å². The van der Waals surface area contributed by atoms with E-state index in [1.807, 2.05) is 18.2 Å². The molecule has 2 aromatic carbocycles. The molecule has 0 aromatic heterocycles. The summed E-state index contributed by atoms with van der Waals surface area (Å²) in [7, 11) is 0. The minimum atomic E-state index is -0.175. The Kier molecular flexibility index (Phi) is 4.16. The van der Waals surface area contributed by atoms with E-state index in [2.05, 4.69) is 24.0 Å². The fourth-order valence-corrected chi connectivity index (χ4v) is 3.37. The Morgan fingerprint density at radius 3 is 2.67 bits per heavy atom. The Morgan fingerprint density at radius 2 is 1.95 bits per heavy atom. The van der Waals surface area contributed by atoms with Gasteiger partial charge in [0.1, 0.15) is 5.82 Å². The van der Waals surface area contributed by atoms with Gasteiger partial charge in [0.2, 0.25) is 0 Å². The number of halogens is 2. The second kappa shape index (κ2) is 6.07. The van der Waals surface area contributed by atoms with Crippen LogP contribution in [-0.4, -0.2) is 12.6 Å². The molecule has 0 saturated heterocycles. The molecule has 21 heavy (non-hydrogen) atoms. The molecule has 0 bridgehead atoms. The summed E-state index contributed by atoms with van der Waals surface area (Å²) in [6.07, 6.45) is 3.06. The SMILES string of the molecule is CCCN1c2ccc(Cl)cc2CC1Cc1ccc(F)cc1. The van der Waals surface area contributed by atoms with E-state index in [1.54, 1.807) is 12.1 Å². The van der Waals surface area contributed by atoms with Crippen molar-refractivity contribution in [1.82, 2.24) is 0 Å². The second-order valence-corrected chi connectivity index (χ2v) is 6.09. The van der Waals surface area contributed by atoms with E-state index in [9.17, 15) is 4.39 Å². The first kappa shape index (κ1) is 14.4. The molecule has 1 atom stereocenters. The fraction of sp³-hybridized carbons (Fsp3) is 0.333. The van der Waals surface area contributed by atoms with Crippen LogP contribution in [0.15, 0.2) is 42.5 Å². The summed E-state index contributed by atoms with van der Waals surface area (Å²) in [4.78, 5) is 2.47. The van der Waals surface area contributed by atoms with Crippen LogP contribution >= 0.6 is 11.6 Å². The van der Waals surface area contributed by atoms with E-state index in [0.29, 0.717) is 6.04 Å². The molecule has 0 N–H and O–H groups in total. The van der Waals surface area contributed by atoms with Crippen LogP contribution in [0.1, 0.15) is 24.5 Å². The van der Waals surface area contributed by atoms with E-state index < -0.39 is 0 Å². The third-order valence-corrected chi connectivity index (χ3v) is 4.33. The number of rotatable bonds is 4. The Labute approximate surface area is 130 Å². The summed E-state index contributed by atoms with van der Waals surface area (Å²) in [5, 5.41) is 0.799. The van der Waals surface area contributed by atoms with Gasteiger partial charge in [-0.15, -0.1) is 0 Å². The van der Waals surface area contributed by atoms with Crippen LogP contribution in [0.5, 0.6) is 0 Å². The monoisotopic (exact) mass is 303 g/mol. The van der Waals surface area contributed by atoms with Crippen molar-refractivity contribution in [2.24, 2.45) is 0 Å². The predicted octanol–water partition coefficient (Wildman–Crippen LogP) is 4.86. The van der Waals surface area contributed by atoms with Gasteiger partial charge in [-0.2, -0.15) is 0 Å². The molecule has 1 nitrogen and oxygen atoms in total. The number of hydrogen-bond donors (Lipinski definition) is 0. The highest BCUT2D eigenvalue weighted by Crippen LogP contribution is 2.35. The van der Waals surface area contributed by atoms with Crippen LogP contribution in [0.3, 0.4) is 0 Å². The van der Waals surface area contributed by atoms with E-state index in [-0.39, 0.29) is 5.82 Å². The number of nitrogens with zero attached hydrogens (tertiary/aromatic N) is 1. The van der Waals surface area contributed by atoms with Crippen molar-refractivity contribution in [3.8, 4) is 0 Å². The zero-order valence-electron chi connectivity index (χ0n) is 12.2. The molecule has 0 radical (unpaired) electrons.